The fourth-order valence-corrected chi connectivity index (χ4v) is 10.8. The van der Waals surface area contributed by atoms with Crippen molar-refractivity contribution in [2.24, 2.45) is 35.5 Å². The summed E-state index contributed by atoms with van der Waals surface area (Å²) in [5, 5.41) is 0. The number of imidazole rings is 2. The van der Waals surface area contributed by atoms with Crippen molar-refractivity contribution in [3.8, 4) is 0 Å². The Morgan fingerprint density at radius 1 is 0.569 bits per heavy atom. The fourth-order valence-electron chi connectivity index (χ4n) is 10.8. The lowest BCUT2D eigenvalue weighted by Gasteiger charge is -2.18. The van der Waals surface area contributed by atoms with Gasteiger partial charge in [-0.3, -0.25) is 27.9 Å². The van der Waals surface area contributed by atoms with Crippen molar-refractivity contribution in [1.29, 1.82) is 0 Å². The quantitative estimate of drug-likeness (QED) is 0.227. The van der Waals surface area contributed by atoms with E-state index in [4.69, 9.17) is 14.7 Å². The molecule has 5 aliphatic carbocycles. The van der Waals surface area contributed by atoms with E-state index < -0.39 is 0 Å². The van der Waals surface area contributed by atoms with Crippen LogP contribution in [-0.2, 0) is 30.9 Å². The molecule has 2 N–H and O–H groups in total. The first-order chi connectivity index (χ1) is 24.3. The predicted molar refractivity (Wildman–Crippen MR) is 195 cm³/mol. The zero-order chi connectivity index (χ0) is 34.6. The Balaban J connectivity index is 0.000000144. The maximum absolute atomic E-state index is 12.8. The van der Waals surface area contributed by atoms with Gasteiger partial charge in [0.15, 0.2) is 11.3 Å². The predicted octanol–water partition coefficient (Wildman–Crippen LogP) is 4.70. The van der Waals surface area contributed by atoms with Crippen molar-refractivity contribution >= 4 is 22.3 Å². The van der Waals surface area contributed by atoms with Crippen LogP contribution >= 0.6 is 0 Å². The molecule has 51 heavy (non-hydrogen) atoms. The minimum absolute atomic E-state index is 0. The molecule has 10 rings (SSSR count). The topological polar surface area (TPSA) is 158 Å². The van der Waals surface area contributed by atoms with Gasteiger partial charge in [0.05, 0.1) is 12.2 Å². The molecule has 4 aromatic rings. The number of hydrogen-bond donors (Lipinski definition) is 2. The first-order valence-corrected chi connectivity index (χ1v) is 19.4. The zero-order valence-electron chi connectivity index (χ0n) is 29.7. The lowest BCUT2D eigenvalue weighted by molar-refractivity contribution is 0.260. The third-order valence-electron chi connectivity index (χ3n) is 13.0. The Hall–Kier alpha value is -3.74. The molecule has 10 atom stereocenters. The van der Waals surface area contributed by atoms with E-state index in [0.29, 0.717) is 84.4 Å². The Morgan fingerprint density at radius 2 is 1.04 bits per heavy atom. The Labute approximate surface area is 296 Å². The molecule has 1 aliphatic heterocycles. The minimum Gasteiger partial charge on any atom is -0.369 e. The molecule has 0 radical (unpaired) electrons. The smallest absolute Gasteiger partial charge is 0.332 e. The van der Waals surface area contributed by atoms with Crippen LogP contribution in [0.4, 0.5) is 0 Å². The highest BCUT2D eigenvalue weighted by Gasteiger charge is 2.64. The highest BCUT2D eigenvalue weighted by molar-refractivity contribution is 5.71. The summed E-state index contributed by atoms with van der Waals surface area (Å²) in [5.74, 6) is 7.22. The molecular formula is C38H54N8O5. The Kier molecular flexibility index (Phi) is 8.58. The van der Waals surface area contributed by atoms with Crippen LogP contribution in [0.5, 0.6) is 0 Å². The van der Waals surface area contributed by atoms with E-state index in [1.54, 1.807) is 9.13 Å². The Morgan fingerprint density at radius 3 is 1.49 bits per heavy atom. The number of epoxide rings is 1. The van der Waals surface area contributed by atoms with Crippen LogP contribution in [0.3, 0.4) is 0 Å². The third-order valence-corrected chi connectivity index (χ3v) is 13.0. The van der Waals surface area contributed by atoms with Gasteiger partial charge in [0, 0.05) is 38.0 Å². The van der Waals surface area contributed by atoms with E-state index in [9.17, 15) is 19.2 Å². The van der Waals surface area contributed by atoms with Crippen molar-refractivity contribution in [1.82, 2.24) is 38.2 Å². The van der Waals surface area contributed by atoms with Crippen LogP contribution in [0.1, 0.15) is 116 Å². The first-order valence-electron chi connectivity index (χ1n) is 19.4. The number of fused-ring (bicyclic) bond motifs is 12. The van der Waals surface area contributed by atoms with Gasteiger partial charge in [0.25, 0.3) is 11.1 Å². The normalized spacial score (nSPS) is 31.8. The summed E-state index contributed by atoms with van der Waals surface area (Å²) in [5.41, 5.74) is 1.19. The molecule has 5 saturated carbocycles. The van der Waals surface area contributed by atoms with Crippen LogP contribution in [0.2, 0.25) is 0 Å². The highest BCUT2D eigenvalue weighted by Crippen LogP contribution is 2.69. The molecule has 5 heterocycles. The second-order valence-corrected chi connectivity index (χ2v) is 16.1. The number of hydrogen-bond acceptors (Lipinski definition) is 7. The van der Waals surface area contributed by atoms with Crippen LogP contribution in [0.25, 0.3) is 22.3 Å². The molecule has 10 unspecified atom stereocenters. The standard InChI is InChI=1S/C19H26N4O2.C18H24N4O3.CH4/c1-3-5-22-17-15(18(24)23(6-4-2)19(22)25)20-16(21-17)14-8-10-7-12(14)13-9-11(10)13;1-3-5-21-16-12(17(23)22(6-4-2)18(21)24)19-15(20-16)11-8-9-7-10(11)14-13(9)25-14;/h10-14H,3-9H2,1-2H3,(H,20,21);9-11,13-14H,3-8H2,1-2H3,(H,19,20);1H4. The first kappa shape index (κ1) is 34.4. The second kappa shape index (κ2) is 12.7. The SMILES string of the molecule is C.CCCn1c(=O)c2[nH]c(C3CC4CC3C3CC43)nc2n(CCC)c1=O.CCCn1c(=O)c2[nH]c(C3CC4CC3C3OC43)nc2n(CCC)c1=O. The van der Waals surface area contributed by atoms with E-state index in [1.165, 1.54) is 34.8 Å². The van der Waals surface area contributed by atoms with E-state index in [-0.39, 0.29) is 29.9 Å². The lowest BCUT2D eigenvalue weighted by Crippen LogP contribution is -2.40. The van der Waals surface area contributed by atoms with Crippen molar-refractivity contribution in [3.05, 3.63) is 53.3 Å². The molecule has 4 aromatic heterocycles. The van der Waals surface area contributed by atoms with E-state index in [1.807, 2.05) is 27.7 Å². The third kappa shape index (κ3) is 5.18. The second-order valence-electron chi connectivity index (χ2n) is 16.1. The zero-order valence-corrected chi connectivity index (χ0v) is 29.7. The summed E-state index contributed by atoms with van der Waals surface area (Å²) in [4.78, 5) is 67.4. The van der Waals surface area contributed by atoms with Gasteiger partial charge in [0.1, 0.15) is 22.7 Å². The van der Waals surface area contributed by atoms with Gasteiger partial charge in [-0.15, -0.1) is 0 Å². The van der Waals surface area contributed by atoms with Gasteiger partial charge in [-0.25, -0.2) is 19.6 Å². The molecule has 13 heteroatoms. The average molecular weight is 703 g/mol. The number of rotatable bonds is 10. The fraction of sp³-hybridized carbons (Fsp3) is 0.737. The van der Waals surface area contributed by atoms with Crippen LogP contribution in [-0.4, -0.2) is 50.4 Å². The number of H-pyrrole nitrogens is 2. The van der Waals surface area contributed by atoms with Crippen LogP contribution in [0, 0.1) is 35.5 Å². The summed E-state index contributed by atoms with van der Waals surface area (Å²) in [7, 11) is 0. The summed E-state index contributed by atoms with van der Waals surface area (Å²) < 4.78 is 11.8. The number of nitrogens with zero attached hydrogens (tertiary/aromatic N) is 6. The summed E-state index contributed by atoms with van der Waals surface area (Å²) >= 11 is 0. The van der Waals surface area contributed by atoms with Crippen molar-refractivity contribution in [3.63, 3.8) is 0 Å². The molecular weight excluding hydrogens is 648 g/mol. The molecule has 0 spiro atoms. The summed E-state index contributed by atoms with van der Waals surface area (Å²) in [6.07, 6.45) is 10.3. The molecule has 4 bridgehead atoms. The molecule has 276 valence electrons. The van der Waals surface area contributed by atoms with Crippen molar-refractivity contribution in [2.45, 2.75) is 143 Å². The van der Waals surface area contributed by atoms with Crippen molar-refractivity contribution < 1.29 is 4.74 Å². The Bertz CT molecular complexity index is 2060. The van der Waals surface area contributed by atoms with Crippen LogP contribution < -0.4 is 22.5 Å². The van der Waals surface area contributed by atoms with Crippen LogP contribution in [0.15, 0.2) is 19.2 Å². The molecule has 1 saturated heterocycles. The highest BCUT2D eigenvalue weighted by atomic mass is 16.6. The number of ether oxygens (including phenoxy) is 1. The minimum atomic E-state index is -0.239. The summed E-state index contributed by atoms with van der Waals surface area (Å²) in [6, 6.07) is 0. The van der Waals surface area contributed by atoms with Gasteiger partial charge < -0.3 is 14.7 Å². The van der Waals surface area contributed by atoms with Gasteiger partial charge in [-0.2, -0.15) is 0 Å². The van der Waals surface area contributed by atoms with E-state index >= 15 is 0 Å². The molecule has 6 fully saturated rings. The number of nitrogens with one attached hydrogen (secondary N) is 2. The van der Waals surface area contributed by atoms with E-state index in [2.05, 4.69) is 9.97 Å². The maximum Gasteiger partial charge on any atom is 0.332 e. The molecule has 13 nitrogen and oxygen atoms in total. The van der Waals surface area contributed by atoms with Gasteiger partial charge >= 0.3 is 11.4 Å². The van der Waals surface area contributed by atoms with Gasteiger partial charge in [-0.05, 0) is 93.3 Å². The lowest BCUT2D eigenvalue weighted by atomic mass is 9.88. The van der Waals surface area contributed by atoms with Gasteiger partial charge in [0.2, 0.25) is 0 Å². The molecule has 0 aromatic carbocycles. The number of aryl methyl sites for hydroxylation is 2. The van der Waals surface area contributed by atoms with Crippen molar-refractivity contribution in [2.75, 3.05) is 0 Å². The molecule has 0 amide bonds. The number of aromatic nitrogens is 8. The average Bonchev–Trinajstić information content (AvgIpc) is 3.63. The molecule has 6 aliphatic rings. The number of aromatic amines is 2. The largest absolute Gasteiger partial charge is 0.369 e. The van der Waals surface area contributed by atoms with Gasteiger partial charge in [-0.1, -0.05) is 35.1 Å². The summed E-state index contributed by atoms with van der Waals surface area (Å²) in [6.45, 7) is 10.1. The maximum atomic E-state index is 12.8. The monoisotopic (exact) mass is 702 g/mol. The van der Waals surface area contributed by atoms with E-state index in [0.717, 1.165) is 67.4 Å².